The molecule has 3 heteroatoms. The minimum atomic E-state index is -2.44. The second kappa shape index (κ2) is 7.61. The minimum Gasteiger partial charge on any atom is -0.192 e. The Balaban J connectivity index is 2.58. The van der Waals surface area contributed by atoms with E-state index in [4.69, 9.17) is 0 Å². The summed E-state index contributed by atoms with van der Waals surface area (Å²) >= 11 is 0. The molecule has 2 nitrogen and oxygen atoms in total. The lowest BCUT2D eigenvalue weighted by Crippen LogP contribution is -2.25. The van der Waals surface area contributed by atoms with Crippen LogP contribution in [0.1, 0.15) is 26.7 Å². The van der Waals surface area contributed by atoms with Crippen LogP contribution in [0.5, 0.6) is 0 Å². The minimum absolute atomic E-state index is 0.712. The number of nitrogens with zero attached hydrogens (tertiary/aromatic N) is 2. The van der Waals surface area contributed by atoms with Crippen molar-refractivity contribution in [3.63, 3.8) is 0 Å². The number of hydrogen-bond donors (Lipinski definition) is 0. The van der Waals surface area contributed by atoms with Gasteiger partial charge < -0.3 is 0 Å². The van der Waals surface area contributed by atoms with E-state index < -0.39 is 6.89 Å². The maximum atomic E-state index is 10.2. The van der Waals surface area contributed by atoms with Crippen LogP contribution in [0, 0.1) is 22.7 Å². The van der Waals surface area contributed by atoms with E-state index in [2.05, 4.69) is 43.3 Å². The molecule has 0 saturated heterocycles. The SMILES string of the molecule is CCCC1=C(C#N)P(c2ccccc2)(c2ccccc2)=C(C#N)C=C1C. The average Bonchev–Trinajstić information content (AvgIpc) is 2.70. The fourth-order valence-electron chi connectivity index (χ4n) is 3.70. The second-order valence-electron chi connectivity index (χ2n) is 6.36. The molecule has 1 aliphatic rings. The highest BCUT2D eigenvalue weighted by Crippen LogP contribution is 2.58. The van der Waals surface area contributed by atoms with Gasteiger partial charge in [-0.15, -0.1) is 0 Å². The lowest BCUT2D eigenvalue weighted by Gasteiger charge is -2.33. The van der Waals surface area contributed by atoms with Crippen LogP contribution in [0.2, 0.25) is 0 Å². The lowest BCUT2D eigenvalue weighted by atomic mass is 10.0. The topological polar surface area (TPSA) is 47.6 Å². The van der Waals surface area contributed by atoms with Crippen LogP contribution in [0.4, 0.5) is 0 Å². The van der Waals surface area contributed by atoms with Crippen molar-refractivity contribution < 1.29 is 0 Å². The van der Waals surface area contributed by atoms with Gasteiger partial charge in [-0.3, -0.25) is 0 Å². The molecule has 0 radical (unpaired) electrons. The first-order valence-corrected chi connectivity index (χ1v) is 10.6. The Labute approximate surface area is 155 Å². The van der Waals surface area contributed by atoms with Gasteiger partial charge in [0, 0.05) is 6.89 Å². The van der Waals surface area contributed by atoms with Crippen LogP contribution in [0.15, 0.2) is 83.2 Å². The first-order chi connectivity index (χ1) is 12.7. The molecule has 1 heterocycles. The Morgan fingerprint density at radius 1 is 0.846 bits per heavy atom. The van der Waals surface area contributed by atoms with Gasteiger partial charge in [0.1, 0.15) is 12.1 Å². The third-order valence-corrected chi connectivity index (χ3v) is 8.96. The van der Waals surface area contributed by atoms with Crippen molar-refractivity contribution in [1.29, 1.82) is 10.5 Å². The Morgan fingerprint density at radius 2 is 1.38 bits per heavy atom. The molecule has 0 aromatic heterocycles. The molecule has 0 bridgehead atoms. The van der Waals surface area contributed by atoms with Crippen LogP contribution >= 0.6 is 6.89 Å². The Hall–Kier alpha value is -2.80. The maximum Gasteiger partial charge on any atom is 0.101 e. The molecule has 2 aromatic carbocycles. The zero-order valence-electron chi connectivity index (χ0n) is 15.1. The summed E-state index contributed by atoms with van der Waals surface area (Å²) in [5.74, 6) is 0. The Bertz CT molecular complexity index is 970. The van der Waals surface area contributed by atoms with Crippen molar-refractivity contribution in [3.05, 3.63) is 83.2 Å². The molecular formula is C23H21N2P. The Morgan fingerprint density at radius 3 is 1.81 bits per heavy atom. The zero-order valence-corrected chi connectivity index (χ0v) is 16.0. The first-order valence-electron chi connectivity index (χ1n) is 8.80. The van der Waals surface area contributed by atoms with Crippen molar-refractivity contribution in [3.8, 4) is 12.1 Å². The van der Waals surface area contributed by atoms with Crippen molar-refractivity contribution in [2.45, 2.75) is 26.7 Å². The predicted octanol–water partition coefficient (Wildman–Crippen LogP) is 4.89. The van der Waals surface area contributed by atoms with E-state index in [9.17, 15) is 10.5 Å². The summed E-state index contributed by atoms with van der Waals surface area (Å²) in [6.07, 6.45) is 3.84. The van der Waals surface area contributed by atoms with Gasteiger partial charge in [0.05, 0.1) is 10.6 Å². The van der Waals surface area contributed by atoms with Gasteiger partial charge in [0.15, 0.2) is 0 Å². The Kier molecular flexibility index (Phi) is 5.27. The summed E-state index contributed by atoms with van der Waals surface area (Å²) in [5.41, 5.74) is 2.15. The first kappa shape index (κ1) is 18.0. The molecule has 1 aliphatic heterocycles. The molecule has 26 heavy (non-hydrogen) atoms. The normalized spacial score (nSPS) is 15.8. The van der Waals surface area contributed by atoms with Gasteiger partial charge in [0.25, 0.3) is 0 Å². The molecule has 0 aliphatic carbocycles. The molecule has 2 aromatic rings. The summed E-state index contributed by atoms with van der Waals surface area (Å²) in [6, 6.07) is 25.2. The standard InChI is InChI=1S/C23H21N2P/c1-3-10-22-18(2)15-21(16-24)26(23(22)17-25,19-11-6-4-7-12-19)20-13-8-5-9-14-20/h4-9,11-15H,3,10H2,1-2H3. The van der Waals surface area contributed by atoms with E-state index in [0.717, 1.165) is 39.9 Å². The van der Waals surface area contributed by atoms with Crippen molar-refractivity contribution >= 4 is 22.8 Å². The van der Waals surface area contributed by atoms with Gasteiger partial charge in [-0.05, 0) is 41.2 Å². The molecule has 0 saturated carbocycles. The molecule has 0 N–H and O–H groups in total. The number of rotatable bonds is 4. The third-order valence-electron chi connectivity index (χ3n) is 4.82. The van der Waals surface area contributed by atoms with Gasteiger partial charge >= 0.3 is 0 Å². The van der Waals surface area contributed by atoms with Crippen LogP contribution < -0.4 is 10.6 Å². The van der Waals surface area contributed by atoms with Crippen LogP contribution in [0.3, 0.4) is 0 Å². The van der Waals surface area contributed by atoms with Crippen molar-refractivity contribution in [2.24, 2.45) is 0 Å². The number of allylic oxidation sites excluding steroid dienone is 4. The average molecular weight is 356 g/mol. The zero-order chi connectivity index (χ0) is 18.6. The molecule has 128 valence electrons. The smallest absolute Gasteiger partial charge is 0.101 e. The molecule has 0 fully saturated rings. The highest BCUT2D eigenvalue weighted by Gasteiger charge is 2.36. The monoisotopic (exact) mass is 356 g/mol. The van der Waals surface area contributed by atoms with Gasteiger partial charge in [-0.25, -0.2) is 0 Å². The van der Waals surface area contributed by atoms with Crippen LogP contribution in [0.25, 0.3) is 0 Å². The fraction of sp³-hybridized carbons (Fsp3) is 0.174. The highest BCUT2D eigenvalue weighted by atomic mass is 31.2. The van der Waals surface area contributed by atoms with Gasteiger partial charge in [0.2, 0.25) is 0 Å². The summed E-state index contributed by atoms with van der Waals surface area (Å²) in [6.45, 7) is 1.71. The van der Waals surface area contributed by atoms with E-state index in [1.54, 1.807) is 0 Å². The van der Waals surface area contributed by atoms with Crippen LogP contribution in [-0.2, 0) is 0 Å². The third kappa shape index (κ3) is 2.74. The fourth-order valence-corrected chi connectivity index (χ4v) is 7.93. The van der Waals surface area contributed by atoms with Gasteiger partial charge in [-0.1, -0.05) is 74.0 Å². The maximum absolute atomic E-state index is 10.2. The molecule has 3 rings (SSSR count). The van der Waals surface area contributed by atoms with Crippen molar-refractivity contribution in [2.75, 3.05) is 0 Å². The van der Waals surface area contributed by atoms with E-state index in [-0.39, 0.29) is 0 Å². The van der Waals surface area contributed by atoms with Crippen LogP contribution in [-0.4, -0.2) is 5.29 Å². The predicted molar refractivity (Wildman–Crippen MR) is 111 cm³/mol. The molecular weight excluding hydrogens is 335 g/mol. The van der Waals surface area contributed by atoms with E-state index in [1.807, 2.05) is 49.4 Å². The molecule has 0 atom stereocenters. The molecule has 0 unspecified atom stereocenters. The summed E-state index contributed by atoms with van der Waals surface area (Å²) in [7, 11) is 0. The lowest BCUT2D eigenvalue weighted by molar-refractivity contribution is 0.909. The summed E-state index contributed by atoms with van der Waals surface area (Å²) in [5, 5.41) is 23.9. The second-order valence-corrected chi connectivity index (χ2v) is 9.66. The van der Waals surface area contributed by atoms with Crippen molar-refractivity contribution in [1.82, 2.24) is 0 Å². The van der Waals surface area contributed by atoms with E-state index in [0.29, 0.717) is 5.29 Å². The quantitative estimate of drug-likeness (QED) is 0.733. The van der Waals surface area contributed by atoms with E-state index in [1.165, 1.54) is 0 Å². The van der Waals surface area contributed by atoms with Gasteiger partial charge in [-0.2, -0.15) is 10.5 Å². The number of hydrogen-bond acceptors (Lipinski definition) is 2. The number of benzene rings is 2. The molecule has 0 spiro atoms. The summed E-state index contributed by atoms with van der Waals surface area (Å²) in [4.78, 5) is 0. The number of nitriles is 2. The summed E-state index contributed by atoms with van der Waals surface area (Å²) < 4.78 is 0. The highest BCUT2D eigenvalue weighted by molar-refractivity contribution is 7.93. The largest absolute Gasteiger partial charge is 0.192 e. The molecule has 0 amide bonds. The van der Waals surface area contributed by atoms with E-state index >= 15 is 0 Å².